The molecule has 14 nitrogen and oxygen atoms in total. The predicted molar refractivity (Wildman–Crippen MR) is 130 cm³/mol. The average molecular weight is 533 g/mol. The van der Waals surface area contributed by atoms with Crippen molar-refractivity contribution in [2.75, 3.05) is 13.2 Å². The van der Waals surface area contributed by atoms with Crippen LogP contribution in [0.4, 0.5) is 4.79 Å². The molecule has 15 heteroatoms. The smallest absolute Gasteiger partial charge is 0.328 e. The van der Waals surface area contributed by atoms with Crippen molar-refractivity contribution in [3.63, 3.8) is 0 Å². The van der Waals surface area contributed by atoms with E-state index in [1.165, 1.54) is 29.7 Å². The van der Waals surface area contributed by atoms with E-state index in [9.17, 15) is 27.6 Å². The van der Waals surface area contributed by atoms with Crippen molar-refractivity contribution < 1.29 is 28.0 Å². The molecule has 0 aliphatic carbocycles. The third-order valence-corrected chi connectivity index (χ3v) is 7.38. The first-order valence-electron chi connectivity index (χ1n) is 11.0. The van der Waals surface area contributed by atoms with E-state index >= 15 is 0 Å². The van der Waals surface area contributed by atoms with Crippen LogP contribution in [0.25, 0.3) is 11.2 Å². The number of H-pyrrole nitrogens is 2. The number of carbonyl (C=O) groups excluding carboxylic acids is 2. The summed E-state index contributed by atoms with van der Waals surface area (Å²) in [6.07, 6.45) is 1.43. The van der Waals surface area contributed by atoms with Gasteiger partial charge in [0.05, 0.1) is 4.90 Å². The summed E-state index contributed by atoms with van der Waals surface area (Å²) >= 11 is 0. The molecule has 5 N–H and O–H groups in total. The Hall–Kier alpha value is -4.42. The van der Waals surface area contributed by atoms with Gasteiger partial charge in [-0.2, -0.15) is 0 Å². The van der Waals surface area contributed by atoms with Crippen molar-refractivity contribution in [3.8, 4) is 17.6 Å². The molecule has 0 aliphatic heterocycles. The molecule has 2 aromatic heterocycles. The van der Waals surface area contributed by atoms with Crippen LogP contribution in [0.1, 0.15) is 26.2 Å². The highest BCUT2D eigenvalue weighted by Crippen LogP contribution is 2.23. The Labute approximate surface area is 209 Å². The molecular weight excluding hydrogens is 508 g/mol. The predicted octanol–water partition coefficient (Wildman–Crippen LogP) is -0.109. The van der Waals surface area contributed by atoms with Gasteiger partial charge >= 0.3 is 11.7 Å². The maximum absolute atomic E-state index is 13.0. The van der Waals surface area contributed by atoms with E-state index < -0.39 is 38.3 Å². The van der Waals surface area contributed by atoms with Gasteiger partial charge in [-0.3, -0.25) is 24.8 Å². The fourth-order valence-corrected chi connectivity index (χ4v) is 5.06. The van der Waals surface area contributed by atoms with Crippen LogP contribution in [-0.2, 0) is 14.6 Å². The van der Waals surface area contributed by atoms with Gasteiger partial charge in [0.1, 0.15) is 23.9 Å². The van der Waals surface area contributed by atoms with Crippen LogP contribution in [-0.4, -0.2) is 63.5 Å². The van der Waals surface area contributed by atoms with E-state index in [0.29, 0.717) is 5.75 Å². The number of nitrogens with one attached hydrogen (secondary N) is 4. The number of aromatic nitrogens is 4. The zero-order chi connectivity index (χ0) is 27.0. The van der Waals surface area contributed by atoms with Crippen LogP contribution in [0.5, 0.6) is 5.75 Å². The summed E-state index contributed by atoms with van der Waals surface area (Å²) in [5.74, 6) is 4.70. The van der Waals surface area contributed by atoms with Crippen LogP contribution in [0.3, 0.4) is 0 Å². The molecule has 0 bridgehead atoms. The number of benzene rings is 1. The highest BCUT2D eigenvalue weighted by Gasteiger charge is 2.33. The van der Waals surface area contributed by atoms with Crippen molar-refractivity contribution in [3.05, 3.63) is 51.4 Å². The third-order valence-electron chi connectivity index (χ3n) is 5.25. The second kappa shape index (κ2) is 12.0. The highest BCUT2D eigenvalue weighted by atomic mass is 32.2. The topological polar surface area (TPSA) is 205 Å². The maximum atomic E-state index is 13.0. The normalized spacial score (nSPS) is 11.8. The number of hydrogen-bond acceptors (Lipinski definition) is 9. The number of amides is 2. The van der Waals surface area contributed by atoms with Gasteiger partial charge in [-0.15, -0.1) is 5.92 Å². The van der Waals surface area contributed by atoms with Crippen LogP contribution in [0.15, 0.2) is 45.1 Å². The summed E-state index contributed by atoms with van der Waals surface area (Å²) in [6, 6.07) is 4.80. The summed E-state index contributed by atoms with van der Waals surface area (Å²) in [7, 11) is -4.15. The monoisotopic (exact) mass is 532 g/mol. The number of rotatable bonds is 10. The van der Waals surface area contributed by atoms with E-state index in [-0.39, 0.29) is 48.5 Å². The number of nitrogens with zero attached hydrogens (tertiary/aromatic N) is 2. The lowest BCUT2D eigenvalue weighted by Crippen LogP contribution is -2.38. The van der Waals surface area contributed by atoms with Crippen molar-refractivity contribution in [2.24, 2.45) is 0 Å². The lowest BCUT2D eigenvalue weighted by atomic mass is 10.2. The van der Waals surface area contributed by atoms with E-state index in [1.807, 2.05) is 4.98 Å². The minimum atomic E-state index is -4.15. The van der Waals surface area contributed by atoms with Crippen molar-refractivity contribution in [1.82, 2.24) is 30.3 Å². The quantitative estimate of drug-likeness (QED) is 0.102. The summed E-state index contributed by atoms with van der Waals surface area (Å²) in [6.45, 7) is 1.89. The number of aromatic amines is 2. The number of imidazole rings is 1. The van der Waals surface area contributed by atoms with E-state index in [1.54, 1.807) is 6.92 Å². The van der Waals surface area contributed by atoms with Gasteiger partial charge in [0, 0.05) is 6.54 Å². The standard InChI is InChI=1S/C22H24N6O8S/c1-2-3-12-36-14-7-9-15(10-8-14)37(34,35)16(19(29)27-33)6-4-5-11-23-22(32)28-13-24-17-18(28)25-21(31)26-20(17)30/h7-10,13,16,33H,4-6,11-12H2,1H3,(H,23,32)(H,27,29)(H2,25,26,30,31). The summed E-state index contributed by atoms with van der Waals surface area (Å²) < 4.78 is 32.4. The van der Waals surface area contributed by atoms with Crippen LogP contribution in [0, 0.1) is 11.8 Å². The van der Waals surface area contributed by atoms with Crippen molar-refractivity contribution in [2.45, 2.75) is 36.3 Å². The molecule has 0 spiro atoms. The highest BCUT2D eigenvalue weighted by molar-refractivity contribution is 7.92. The Morgan fingerprint density at radius 1 is 1.19 bits per heavy atom. The molecule has 0 saturated heterocycles. The molecule has 3 aromatic rings. The Balaban J connectivity index is 1.60. The zero-order valence-corrected chi connectivity index (χ0v) is 20.4. The van der Waals surface area contributed by atoms with Gasteiger partial charge in [0.15, 0.2) is 21.0 Å². The molecular formula is C22H24N6O8S. The lowest BCUT2D eigenvalue weighted by molar-refractivity contribution is -0.128. The lowest BCUT2D eigenvalue weighted by Gasteiger charge is -2.16. The Morgan fingerprint density at radius 3 is 2.59 bits per heavy atom. The molecule has 1 unspecified atom stereocenters. The molecule has 0 radical (unpaired) electrons. The molecule has 3 rings (SSSR count). The summed E-state index contributed by atoms with van der Waals surface area (Å²) in [5.41, 5.74) is -0.340. The molecule has 196 valence electrons. The summed E-state index contributed by atoms with van der Waals surface area (Å²) in [5, 5.41) is 10.1. The van der Waals surface area contributed by atoms with E-state index in [2.05, 4.69) is 27.1 Å². The third kappa shape index (κ3) is 6.42. The number of hydroxylamine groups is 1. The van der Waals surface area contributed by atoms with E-state index in [0.717, 1.165) is 10.9 Å². The maximum Gasteiger partial charge on any atom is 0.328 e. The fraction of sp³-hybridized carbons (Fsp3) is 0.318. The van der Waals surface area contributed by atoms with Crippen LogP contribution >= 0.6 is 0 Å². The van der Waals surface area contributed by atoms with Gasteiger partial charge in [0.25, 0.3) is 11.5 Å². The molecule has 2 amide bonds. The van der Waals surface area contributed by atoms with Gasteiger partial charge < -0.3 is 10.1 Å². The number of sulfone groups is 1. The van der Waals surface area contributed by atoms with Crippen LogP contribution < -0.4 is 26.8 Å². The number of unbranched alkanes of at least 4 members (excludes halogenated alkanes) is 1. The Kier molecular flexibility index (Phi) is 8.82. The second-order valence-electron chi connectivity index (χ2n) is 7.64. The van der Waals surface area contributed by atoms with Gasteiger partial charge in [-0.1, -0.05) is 5.92 Å². The van der Waals surface area contributed by atoms with Crippen molar-refractivity contribution >= 4 is 32.9 Å². The van der Waals surface area contributed by atoms with Crippen LogP contribution in [0.2, 0.25) is 0 Å². The number of hydrogen-bond donors (Lipinski definition) is 5. The van der Waals surface area contributed by atoms with Gasteiger partial charge in [-0.25, -0.2) is 33.0 Å². The van der Waals surface area contributed by atoms with Gasteiger partial charge in [-0.05, 0) is 50.5 Å². The molecule has 1 aromatic carbocycles. The molecule has 0 aliphatic rings. The first kappa shape index (κ1) is 27.2. The van der Waals surface area contributed by atoms with Crippen molar-refractivity contribution in [1.29, 1.82) is 0 Å². The average Bonchev–Trinajstić information content (AvgIpc) is 3.30. The number of ether oxygens (including phenoxy) is 1. The molecule has 37 heavy (non-hydrogen) atoms. The Bertz CT molecular complexity index is 1560. The fourth-order valence-electron chi connectivity index (χ4n) is 3.40. The number of fused-ring (bicyclic) bond motifs is 1. The minimum absolute atomic E-state index is 0.0771. The van der Waals surface area contributed by atoms with E-state index in [4.69, 9.17) is 9.94 Å². The minimum Gasteiger partial charge on any atom is -0.481 e. The van der Waals surface area contributed by atoms with Gasteiger partial charge in [0.2, 0.25) is 0 Å². The molecule has 0 fully saturated rings. The number of carbonyl (C=O) groups is 2. The largest absolute Gasteiger partial charge is 0.481 e. The first-order valence-corrected chi connectivity index (χ1v) is 12.5. The molecule has 2 heterocycles. The zero-order valence-electron chi connectivity index (χ0n) is 19.6. The summed E-state index contributed by atoms with van der Waals surface area (Å²) in [4.78, 5) is 55.8. The Morgan fingerprint density at radius 2 is 1.92 bits per heavy atom. The first-order chi connectivity index (χ1) is 17.7. The SMILES string of the molecule is CC#CCOc1ccc(S(=O)(=O)C(CCCCNC(=O)n2cnc3c(=O)[nH]c(=O)[nH]c32)C(=O)NO)cc1. The molecule has 1 atom stereocenters. The second-order valence-corrected chi connectivity index (χ2v) is 9.77. The molecule has 0 saturated carbocycles.